The van der Waals surface area contributed by atoms with Crippen molar-refractivity contribution in [3.63, 3.8) is 0 Å². The summed E-state index contributed by atoms with van der Waals surface area (Å²) in [5, 5.41) is 8.64. The van der Waals surface area contributed by atoms with Crippen molar-refractivity contribution in [3.8, 4) is 0 Å². The molecule has 4 rings (SSSR count). The van der Waals surface area contributed by atoms with E-state index in [1.54, 1.807) is 31.2 Å². The van der Waals surface area contributed by atoms with Gasteiger partial charge >= 0.3 is 5.97 Å². The van der Waals surface area contributed by atoms with E-state index in [1.807, 2.05) is 0 Å². The monoisotopic (exact) mass is 353 g/mol. The summed E-state index contributed by atoms with van der Waals surface area (Å²) in [4.78, 5) is 36.8. The van der Waals surface area contributed by atoms with E-state index in [2.05, 4.69) is 15.5 Å². The number of ether oxygens (including phenoxy) is 1. The Morgan fingerprint density at radius 1 is 1.15 bits per heavy atom. The van der Waals surface area contributed by atoms with Crippen LogP contribution in [0.3, 0.4) is 0 Å². The van der Waals surface area contributed by atoms with Crippen molar-refractivity contribution < 1.29 is 14.3 Å². The highest BCUT2D eigenvalue weighted by Gasteiger charge is 2.37. The molecule has 0 bridgehead atoms. The number of H-pyrrole nitrogens is 2. The molecule has 1 atom stereocenters. The number of ketones is 1. The molecule has 0 spiro atoms. The molecular weight excluding hydrogens is 334 g/mol. The number of fused-ring (bicyclic) bond motifs is 1. The first-order valence-corrected chi connectivity index (χ1v) is 8.71. The van der Waals surface area contributed by atoms with E-state index in [0.717, 1.165) is 24.1 Å². The molecule has 2 aliphatic rings. The SMILES string of the molecule is CCOC(=O)c1ccc([C@@H]2C3=C(CCCC3=O)Nc3[nH][nH]c(=O)c32)cc1. The van der Waals surface area contributed by atoms with Crippen LogP contribution in [0.1, 0.15) is 53.6 Å². The molecule has 3 N–H and O–H groups in total. The number of nitrogens with one attached hydrogen (secondary N) is 3. The minimum absolute atomic E-state index is 0.0597. The Labute approximate surface area is 149 Å². The van der Waals surface area contributed by atoms with Crippen LogP contribution in [-0.2, 0) is 9.53 Å². The molecule has 26 heavy (non-hydrogen) atoms. The van der Waals surface area contributed by atoms with Crippen molar-refractivity contribution in [1.82, 2.24) is 10.2 Å². The average Bonchev–Trinajstić information content (AvgIpc) is 3.01. The van der Waals surface area contributed by atoms with Gasteiger partial charge in [-0.2, -0.15) is 0 Å². The number of carbonyl (C=O) groups is 2. The van der Waals surface area contributed by atoms with Gasteiger partial charge in [-0.15, -0.1) is 0 Å². The Balaban J connectivity index is 1.81. The zero-order valence-electron chi connectivity index (χ0n) is 14.3. The number of allylic oxidation sites excluding steroid dienone is 2. The Morgan fingerprint density at radius 2 is 1.92 bits per heavy atom. The average molecular weight is 353 g/mol. The highest BCUT2D eigenvalue weighted by atomic mass is 16.5. The number of Topliss-reactive ketones (excluding diaryl/α,β-unsaturated/α-hetero) is 1. The molecule has 1 aliphatic heterocycles. The van der Waals surface area contributed by atoms with E-state index in [1.165, 1.54) is 0 Å². The number of hydrogen-bond acceptors (Lipinski definition) is 5. The fraction of sp³-hybridized carbons (Fsp3) is 0.316. The highest BCUT2D eigenvalue weighted by Crippen LogP contribution is 2.43. The molecule has 0 saturated heterocycles. The maximum Gasteiger partial charge on any atom is 0.338 e. The molecule has 7 nitrogen and oxygen atoms in total. The summed E-state index contributed by atoms with van der Waals surface area (Å²) in [6.07, 6.45) is 2.05. The lowest BCUT2D eigenvalue weighted by Crippen LogP contribution is -2.29. The summed E-state index contributed by atoms with van der Waals surface area (Å²) in [6.45, 7) is 2.06. The molecule has 0 amide bonds. The zero-order chi connectivity index (χ0) is 18.3. The predicted molar refractivity (Wildman–Crippen MR) is 95.2 cm³/mol. The summed E-state index contributed by atoms with van der Waals surface area (Å²) in [6, 6.07) is 6.91. The first-order chi connectivity index (χ1) is 12.6. The molecule has 1 aromatic carbocycles. The van der Waals surface area contributed by atoms with E-state index < -0.39 is 11.9 Å². The van der Waals surface area contributed by atoms with Crippen molar-refractivity contribution in [2.45, 2.75) is 32.1 Å². The van der Waals surface area contributed by atoms with Gasteiger partial charge < -0.3 is 10.1 Å². The van der Waals surface area contributed by atoms with Crippen LogP contribution in [0.4, 0.5) is 5.82 Å². The van der Waals surface area contributed by atoms with E-state index in [4.69, 9.17) is 4.74 Å². The molecule has 0 fully saturated rings. The van der Waals surface area contributed by atoms with E-state index in [0.29, 0.717) is 35.5 Å². The summed E-state index contributed by atoms with van der Waals surface area (Å²) < 4.78 is 5.01. The van der Waals surface area contributed by atoms with Gasteiger partial charge in [-0.25, -0.2) is 4.79 Å². The van der Waals surface area contributed by atoms with Crippen LogP contribution in [0.2, 0.25) is 0 Å². The predicted octanol–water partition coefficient (Wildman–Crippen LogP) is 2.44. The van der Waals surface area contributed by atoms with Gasteiger partial charge in [0.2, 0.25) is 0 Å². The number of esters is 1. The number of rotatable bonds is 3. The van der Waals surface area contributed by atoms with Gasteiger partial charge in [0.15, 0.2) is 5.78 Å². The third-order valence-corrected chi connectivity index (χ3v) is 4.88. The van der Waals surface area contributed by atoms with Crippen LogP contribution < -0.4 is 10.9 Å². The molecule has 7 heteroatoms. The van der Waals surface area contributed by atoms with Gasteiger partial charge in [0.1, 0.15) is 5.82 Å². The topological polar surface area (TPSA) is 104 Å². The lowest BCUT2D eigenvalue weighted by molar-refractivity contribution is -0.116. The van der Waals surface area contributed by atoms with Crippen LogP contribution >= 0.6 is 0 Å². The van der Waals surface area contributed by atoms with Crippen LogP contribution in [0, 0.1) is 0 Å². The highest BCUT2D eigenvalue weighted by molar-refractivity contribution is 6.01. The first-order valence-electron chi connectivity index (χ1n) is 8.71. The van der Waals surface area contributed by atoms with Gasteiger partial charge in [0.05, 0.1) is 17.7 Å². The second-order valence-corrected chi connectivity index (χ2v) is 6.44. The van der Waals surface area contributed by atoms with E-state index >= 15 is 0 Å². The molecule has 134 valence electrons. The quantitative estimate of drug-likeness (QED) is 0.735. The Hall–Kier alpha value is -3.09. The van der Waals surface area contributed by atoms with Crippen molar-refractivity contribution in [2.75, 3.05) is 11.9 Å². The number of anilines is 1. The smallest absolute Gasteiger partial charge is 0.338 e. The lowest BCUT2D eigenvalue weighted by atomic mass is 9.77. The van der Waals surface area contributed by atoms with E-state index in [-0.39, 0.29) is 11.3 Å². The maximum absolute atomic E-state index is 12.6. The van der Waals surface area contributed by atoms with Crippen LogP contribution in [0.15, 0.2) is 40.3 Å². The van der Waals surface area contributed by atoms with Crippen LogP contribution in [-0.4, -0.2) is 28.6 Å². The van der Waals surface area contributed by atoms with Crippen LogP contribution in [0.5, 0.6) is 0 Å². The zero-order valence-corrected chi connectivity index (χ0v) is 14.3. The third-order valence-electron chi connectivity index (χ3n) is 4.88. The second-order valence-electron chi connectivity index (χ2n) is 6.44. The number of benzene rings is 1. The maximum atomic E-state index is 12.6. The molecule has 2 heterocycles. The lowest BCUT2D eigenvalue weighted by Gasteiger charge is -2.31. The van der Waals surface area contributed by atoms with Gasteiger partial charge in [0.25, 0.3) is 5.56 Å². The molecule has 1 aromatic heterocycles. The van der Waals surface area contributed by atoms with Crippen molar-refractivity contribution >= 4 is 17.6 Å². The fourth-order valence-electron chi connectivity index (χ4n) is 3.72. The Morgan fingerprint density at radius 3 is 2.65 bits per heavy atom. The minimum Gasteiger partial charge on any atom is -0.462 e. The Bertz CT molecular complexity index is 965. The minimum atomic E-state index is -0.444. The summed E-state index contributed by atoms with van der Waals surface area (Å²) >= 11 is 0. The third kappa shape index (κ3) is 2.56. The first kappa shape index (κ1) is 16.4. The van der Waals surface area contributed by atoms with Gasteiger partial charge in [-0.05, 0) is 37.5 Å². The number of aromatic amines is 2. The normalized spacial score (nSPS) is 18.8. The molecular formula is C19H19N3O4. The van der Waals surface area contributed by atoms with Crippen molar-refractivity contribution in [3.05, 3.63) is 62.6 Å². The standard InChI is InChI=1S/C19H19N3O4/c1-2-26-19(25)11-8-6-10(7-9-11)14-15-12(4-3-5-13(15)23)20-17-16(14)18(24)22-21-17/h6-9,14H,2-5H2,1H3,(H3,20,21,22,24)/t14-/m1/s1. The Kier molecular flexibility index (Phi) is 3.99. The number of carbonyl (C=O) groups excluding carboxylic acids is 2. The molecule has 0 radical (unpaired) electrons. The van der Waals surface area contributed by atoms with Gasteiger partial charge in [0, 0.05) is 23.6 Å². The van der Waals surface area contributed by atoms with Gasteiger partial charge in [-0.3, -0.25) is 19.8 Å². The number of aromatic nitrogens is 2. The van der Waals surface area contributed by atoms with E-state index in [9.17, 15) is 14.4 Å². The molecule has 1 aliphatic carbocycles. The second kappa shape index (κ2) is 6.33. The largest absolute Gasteiger partial charge is 0.462 e. The molecule has 0 saturated carbocycles. The van der Waals surface area contributed by atoms with Crippen molar-refractivity contribution in [2.24, 2.45) is 0 Å². The summed E-state index contributed by atoms with van der Waals surface area (Å²) in [5.74, 6) is -0.175. The summed E-state index contributed by atoms with van der Waals surface area (Å²) in [5.41, 5.74) is 3.01. The van der Waals surface area contributed by atoms with Crippen molar-refractivity contribution in [1.29, 1.82) is 0 Å². The molecule has 2 aromatic rings. The van der Waals surface area contributed by atoms with Gasteiger partial charge in [-0.1, -0.05) is 12.1 Å². The number of hydrogen-bond donors (Lipinski definition) is 3. The molecule has 0 unspecified atom stereocenters. The van der Waals surface area contributed by atoms with Crippen LogP contribution in [0.25, 0.3) is 0 Å². The fourth-order valence-corrected chi connectivity index (χ4v) is 3.72. The summed E-state index contributed by atoms with van der Waals surface area (Å²) in [7, 11) is 0.